The van der Waals surface area contributed by atoms with Crippen LogP contribution in [0, 0.1) is 0 Å². The van der Waals surface area contributed by atoms with E-state index in [4.69, 9.17) is 4.74 Å². The molecule has 0 saturated carbocycles. The van der Waals surface area contributed by atoms with Crippen molar-refractivity contribution in [2.75, 3.05) is 25.5 Å². The summed E-state index contributed by atoms with van der Waals surface area (Å²) in [7, 11) is 1.65. The lowest BCUT2D eigenvalue weighted by Crippen LogP contribution is -2.28. The Hall–Kier alpha value is -2.49. The minimum absolute atomic E-state index is 0.106. The molecule has 0 atom stereocenters. The molecule has 0 aliphatic carbocycles. The van der Waals surface area contributed by atoms with Gasteiger partial charge >= 0.3 is 0 Å². The molecule has 1 aliphatic rings. The molecule has 1 N–H and O–H groups in total. The minimum Gasteiger partial charge on any atom is -0.497 e. The average molecular weight is 296 g/mol. The number of nitrogens with zero attached hydrogens (tertiary/aromatic N) is 1. The summed E-state index contributed by atoms with van der Waals surface area (Å²) in [6.07, 6.45) is 2.19. The molecule has 2 aromatic rings. The molecule has 114 valence electrons. The third kappa shape index (κ3) is 3.06. The molecule has 0 spiro atoms. The van der Waals surface area contributed by atoms with Crippen molar-refractivity contribution in [2.45, 2.75) is 12.8 Å². The number of amides is 1. The topological polar surface area (TPSA) is 41.6 Å². The van der Waals surface area contributed by atoms with Gasteiger partial charge in [-0.15, -0.1) is 0 Å². The Morgan fingerprint density at radius 1 is 1.05 bits per heavy atom. The van der Waals surface area contributed by atoms with Crippen LogP contribution in [0.1, 0.15) is 23.2 Å². The van der Waals surface area contributed by atoms with Crippen LogP contribution in [0.15, 0.2) is 48.5 Å². The van der Waals surface area contributed by atoms with Crippen molar-refractivity contribution in [3.05, 3.63) is 54.1 Å². The van der Waals surface area contributed by atoms with Crippen LogP contribution < -0.4 is 10.1 Å². The van der Waals surface area contributed by atoms with E-state index in [0.717, 1.165) is 48.6 Å². The van der Waals surface area contributed by atoms with Crippen LogP contribution in [0.2, 0.25) is 0 Å². The summed E-state index contributed by atoms with van der Waals surface area (Å²) in [5, 5.41) is 3.33. The van der Waals surface area contributed by atoms with Gasteiger partial charge in [0.1, 0.15) is 5.75 Å². The van der Waals surface area contributed by atoms with E-state index in [-0.39, 0.29) is 5.91 Å². The van der Waals surface area contributed by atoms with Crippen molar-refractivity contribution in [1.82, 2.24) is 4.90 Å². The number of anilines is 2. The highest BCUT2D eigenvalue weighted by molar-refractivity contribution is 6.00. The SMILES string of the molecule is COc1ccc(Nc2ccccc2C(=O)N2CCCC2)cc1. The second-order valence-electron chi connectivity index (χ2n) is 5.40. The standard InChI is InChI=1S/C18H20N2O2/c1-22-15-10-8-14(9-11-15)19-17-7-3-2-6-16(17)18(21)20-12-4-5-13-20/h2-3,6-11,19H,4-5,12-13H2,1H3. The highest BCUT2D eigenvalue weighted by Crippen LogP contribution is 2.25. The van der Waals surface area contributed by atoms with Gasteiger partial charge in [0.15, 0.2) is 0 Å². The van der Waals surface area contributed by atoms with Gasteiger partial charge in [0.2, 0.25) is 0 Å². The number of ether oxygens (including phenoxy) is 1. The molecule has 0 unspecified atom stereocenters. The summed E-state index contributed by atoms with van der Waals surface area (Å²) in [5.41, 5.74) is 2.49. The first-order valence-electron chi connectivity index (χ1n) is 7.57. The average Bonchev–Trinajstić information content (AvgIpc) is 3.10. The van der Waals surface area contributed by atoms with Gasteiger partial charge in [-0.3, -0.25) is 4.79 Å². The maximum atomic E-state index is 12.6. The highest BCUT2D eigenvalue weighted by atomic mass is 16.5. The highest BCUT2D eigenvalue weighted by Gasteiger charge is 2.21. The molecule has 1 heterocycles. The lowest BCUT2D eigenvalue weighted by molar-refractivity contribution is 0.0794. The molecule has 0 bridgehead atoms. The molecular formula is C18H20N2O2. The van der Waals surface area contributed by atoms with E-state index in [0.29, 0.717) is 0 Å². The van der Waals surface area contributed by atoms with Crippen LogP contribution in [-0.2, 0) is 0 Å². The van der Waals surface area contributed by atoms with Crippen molar-refractivity contribution in [2.24, 2.45) is 0 Å². The number of carbonyl (C=O) groups excluding carboxylic acids is 1. The van der Waals surface area contributed by atoms with Crippen LogP contribution in [-0.4, -0.2) is 31.0 Å². The summed E-state index contributed by atoms with van der Waals surface area (Å²) in [6.45, 7) is 1.71. The molecule has 2 aromatic carbocycles. The van der Waals surface area contributed by atoms with Gasteiger partial charge in [-0.05, 0) is 49.2 Å². The predicted molar refractivity (Wildman–Crippen MR) is 87.9 cm³/mol. The molecule has 1 fully saturated rings. The van der Waals surface area contributed by atoms with Gasteiger partial charge in [-0.2, -0.15) is 0 Å². The van der Waals surface area contributed by atoms with Crippen molar-refractivity contribution < 1.29 is 9.53 Å². The van der Waals surface area contributed by atoms with Crippen molar-refractivity contribution in [3.8, 4) is 5.75 Å². The monoisotopic (exact) mass is 296 g/mol. The van der Waals surface area contributed by atoms with Crippen LogP contribution in [0.25, 0.3) is 0 Å². The molecule has 3 rings (SSSR count). The molecule has 22 heavy (non-hydrogen) atoms. The Labute approximate surface area is 130 Å². The fourth-order valence-corrected chi connectivity index (χ4v) is 2.70. The van der Waals surface area contributed by atoms with E-state index in [1.807, 2.05) is 53.4 Å². The van der Waals surface area contributed by atoms with Crippen molar-refractivity contribution >= 4 is 17.3 Å². The third-order valence-electron chi connectivity index (χ3n) is 3.92. The van der Waals surface area contributed by atoms with Crippen molar-refractivity contribution in [1.29, 1.82) is 0 Å². The molecule has 0 radical (unpaired) electrons. The number of para-hydroxylation sites is 1. The maximum absolute atomic E-state index is 12.6. The zero-order valence-electron chi connectivity index (χ0n) is 12.7. The van der Waals surface area contributed by atoms with Crippen LogP contribution in [0.3, 0.4) is 0 Å². The molecule has 4 nitrogen and oxygen atoms in total. The number of methoxy groups -OCH3 is 1. The molecule has 0 aromatic heterocycles. The molecule has 1 aliphatic heterocycles. The Balaban J connectivity index is 1.82. The second kappa shape index (κ2) is 6.52. The van der Waals surface area contributed by atoms with E-state index >= 15 is 0 Å². The van der Waals surface area contributed by atoms with Gasteiger partial charge in [-0.25, -0.2) is 0 Å². The first-order valence-corrected chi connectivity index (χ1v) is 7.57. The van der Waals surface area contributed by atoms with Gasteiger partial charge < -0.3 is 15.0 Å². The van der Waals surface area contributed by atoms with Crippen LogP contribution >= 0.6 is 0 Å². The lowest BCUT2D eigenvalue weighted by Gasteiger charge is -2.18. The summed E-state index contributed by atoms with van der Waals surface area (Å²) in [5.74, 6) is 0.918. The van der Waals surface area contributed by atoms with Crippen LogP contribution in [0.5, 0.6) is 5.75 Å². The Bertz CT molecular complexity index is 646. The van der Waals surface area contributed by atoms with E-state index in [1.54, 1.807) is 7.11 Å². The summed E-state index contributed by atoms with van der Waals surface area (Å²) in [6, 6.07) is 15.3. The third-order valence-corrected chi connectivity index (χ3v) is 3.92. The molecule has 4 heteroatoms. The maximum Gasteiger partial charge on any atom is 0.255 e. The number of hydrogen-bond donors (Lipinski definition) is 1. The number of nitrogens with one attached hydrogen (secondary N) is 1. The zero-order chi connectivity index (χ0) is 15.4. The zero-order valence-corrected chi connectivity index (χ0v) is 12.7. The number of benzene rings is 2. The fourth-order valence-electron chi connectivity index (χ4n) is 2.70. The van der Waals surface area contributed by atoms with Gasteiger partial charge in [0.25, 0.3) is 5.91 Å². The van der Waals surface area contributed by atoms with Gasteiger partial charge in [0, 0.05) is 18.8 Å². The fraction of sp³-hybridized carbons (Fsp3) is 0.278. The normalized spacial score (nSPS) is 14.0. The van der Waals surface area contributed by atoms with E-state index in [1.165, 1.54) is 0 Å². The Kier molecular flexibility index (Phi) is 4.28. The first kappa shape index (κ1) is 14.4. The summed E-state index contributed by atoms with van der Waals surface area (Å²) < 4.78 is 5.16. The quantitative estimate of drug-likeness (QED) is 0.936. The minimum atomic E-state index is 0.106. The smallest absolute Gasteiger partial charge is 0.255 e. The van der Waals surface area contributed by atoms with E-state index in [2.05, 4.69) is 5.32 Å². The second-order valence-corrected chi connectivity index (χ2v) is 5.40. The Morgan fingerprint density at radius 3 is 2.41 bits per heavy atom. The number of hydrogen-bond acceptors (Lipinski definition) is 3. The summed E-state index contributed by atoms with van der Waals surface area (Å²) in [4.78, 5) is 14.5. The largest absolute Gasteiger partial charge is 0.497 e. The van der Waals surface area contributed by atoms with E-state index < -0.39 is 0 Å². The summed E-state index contributed by atoms with van der Waals surface area (Å²) >= 11 is 0. The van der Waals surface area contributed by atoms with Crippen LogP contribution in [0.4, 0.5) is 11.4 Å². The number of rotatable bonds is 4. The molecule has 1 amide bonds. The molecule has 1 saturated heterocycles. The van der Waals surface area contributed by atoms with E-state index in [9.17, 15) is 4.79 Å². The first-order chi connectivity index (χ1) is 10.8. The molecular weight excluding hydrogens is 276 g/mol. The van der Waals surface area contributed by atoms with Crippen molar-refractivity contribution in [3.63, 3.8) is 0 Å². The lowest BCUT2D eigenvalue weighted by atomic mass is 10.1. The number of likely N-dealkylation sites (tertiary alicyclic amines) is 1. The van der Waals surface area contributed by atoms with Gasteiger partial charge in [0.05, 0.1) is 18.4 Å². The Morgan fingerprint density at radius 2 is 1.73 bits per heavy atom. The predicted octanol–water partition coefficient (Wildman–Crippen LogP) is 3.67. The van der Waals surface area contributed by atoms with Gasteiger partial charge in [-0.1, -0.05) is 12.1 Å². The number of carbonyl (C=O) groups is 1.